The van der Waals surface area contributed by atoms with Crippen molar-refractivity contribution in [3.8, 4) is 5.75 Å². The van der Waals surface area contributed by atoms with Crippen molar-refractivity contribution in [3.63, 3.8) is 0 Å². The van der Waals surface area contributed by atoms with Gasteiger partial charge in [-0.05, 0) is 39.3 Å². The lowest BCUT2D eigenvalue weighted by Crippen LogP contribution is -2.41. The Balaban J connectivity index is 2.08. The summed E-state index contributed by atoms with van der Waals surface area (Å²) in [4.78, 5) is 34.4. The summed E-state index contributed by atoms with van der Waals surface area (Å²) >= 11 is 0. The zero-order chi connectivity index (χ0) is 18.7. The van der Waals surface area contributed by atoms with Crippen LogP contribution in [0.25, 0.3) is 0 Å². The molecule has 0 saturated carbocycles. The maximum atomic E-state index is 11.6. The van der Waals surface area contributed by atoms with Crippen LogP contribution in [0, 0.1) is 6.92 Å². The van der Waals surface area contributed by atoms with E-state index in [0.717, 1.165) is 11.3 Å². The second kappa shape index (κ2) is 11.1. The molecule has 7 nitrogen and oxygen atoms in total. The predicted molar refractivity (Wildman–Crippen MR) is 93.2 cm³/mol. The van der Waals surface area contributed by atoms with Gasteiger partial charge >= 0.3 is 5.97 Å². The molecule has 0 unspecified atom stereocenters. The van der Waals surface area contributed by atoms with Gasteiger partial charge in [0.15, 0.2) is 6.61 Å². The summed E-state index contributed by atoms with van der Waals surface area (Å²) in [7, 11) is 0. The molecule has 1 aromatic rings. The SMILES string of the molecule is Cc1ccc(OCCCC(=O)OCC(=O)NCC(=O)NC(C)C)cc1. The van der Waals surface area contributed by atoms with Gasteiger partial charge in [0.2, 0.25) is 5.91 Å². The fourth-order valence-electron chi connectivity index (χ4n) is 1.86. The molecule has 0 atom stereocenters. The minimum atomic E-state index is -0.511. The van der Waals surface area contributed by atoms with Gasteiger partial charge in [0.05, 0.1) is 13.2 Å². The summed E-state index contributed by atoms with van der Waals surface area (Å²) in [5.41, 5.74) is 1.15. The summed E-state index contributed by atoms with van der Waals surface area (Å²) in [6.45, 7) is 5.49. The van der Waals surface area contributed by atoms with Crippen LogP contribution in [0.5, 0.6) is 5.75 Å². The minimum absolute atomic E-state index is 0.00404. The first kappa shape index (κ1) is 20.5. The monoisotopic (exact) mass is 350 g/mol. The number of aryl methyl sites for hydroxylation is 1. The van der Waals surface area contributed by atoms with Gasteiger partial charge in [-0.3, -0.25) is 14.4 Å². The highest BCUT2D eigenvalue weighted by atomic mass is 16.5. The van der Waals surface area contributed by atoms with E-state index in [2.05, 4.69) is 10.6 Å². The summed E-state index contributed by atoms with van der Waals surface area (Å²) in [6, 6.07) is 7.64. The number of hydrogen-bond donors (Lipinski definition) is 2. The van der Waals surface area contributed by atoms with Gasteiger partial charge in [-0.15, -0.1) is 0 Å². The summed E-state index contributed by atoms with van der Waals surface area (Å²) in [5, 5.41) is 5.02. The van der Waals surface area contributed by atoms with Crippen molar-refractivity contribution in [2.75, 3.05) is 19.8 Å². The van der Waals surface area contributed by atoms with Crippen LogP contribution in [0.3, 0.4) is 0 Å². The standard InChI is InChI=1S/C18H26N2O5/c1-13(2)20-16(21)11-19-17(22)12-25-18(23)5-4-10-24-15-8-6-14(3)7-9-15/h6-9,13H,4-5,10-12H2,1-3H3,(H,19,22)(H,20,21). The fraction of sp³-hybridized carbons (Fsp3) is 0.500. The summed E-state index contributed by atoms with van der Waals surface area (Å²) in [5.74, 6) is -0.529. The first-order valence-electron chi connectivity index (χ1n) is 8.28. The normalized spacial score (nSPS) is 10.2. The number of nitrogens with one attached hydrogen (secondary N) is 2. The van der Waals surface area contributed by atoms with E-state index in [1.807, 2.05) is 45.0 Å². The van der Waals surface area contributed by atoms with Gasteiger partial charge in [-0.2, -0.15) is 0 Å². The zero-order valence-corrected chi connectivity index (χ0v) is 15.0. The molecule has 138 valence electrons. The molecule has 0 aliphatic heterocycles. The van der Waals surface area contributed by atoms with Crippen molar-refractivity contribution in [1.82, 2.24) is 10.6 Å². The van der Waals surface area contributed by atoms with Crippen molar-refractivity contribution >= 4 is 17.8 Å². The molecule has 0 aliphatic carbocycles. The van der Waals surface area contributed by atoms with Crippen molar-refractivity contribution in [1.29, 1.82) is 0 Å². The Kier molecular flexibility index (Phi) is 9.06. The first-order valence-corrected chi connectivity index (χ1v) is 8.28. The average Bonchev–Trinajstić information content (AvgIpc) is 2.56. The Bertz CT molecular complexity index is 569. The quantitative estimate of drug-likeness (QED) is 0.491. The zero-order valence-electron chi connectivity index (χ0n) is 15.0. The maximum Gasteiger partial charge on any atom is 0.306 e. The van der Waals surface area contributed by atoms with Gasteiger partial charge in [-0.25, -0.2) is 0 Å². The molecule has 1 rings (SSSR count). The van der Waals surface area contributed by atoms with Crippen molar-refractivity contribution < 1.29 is 23.9 Å². The lowest BCUT2D eigenvalue weighted by Gasteiger charge is -2.09. The molecule has 25 heavy (non-hydrogen) atoms. The van der Waals surface area contributed by atoms with Crippen LogP contribution in [0.4, 0.5) is 0 Å². The Labute approximate surface area is 148 Å². The lowest BCUT2D eigenvalue weighted by molar-refractivity contribution is -0.148. The number of benzene rings is 1. The number of hydrogen-bond acceptors (Lipinski definition) is 5. The van der Waals surface area contributed by atoms with Crippen LogP contribution in [0.1, 0.15) is 32.3 Å². The van der Waals surface area contributed by atoms with Crippen molar-refractivity contribution in [2.24, 2.45) is 0 Å². The number of carbonyl (C=O) groups is 3. The predicted octanol–water partition coefficient (Wildman–Crippen LogP) is 1.34. The van der Waals surface area contributed by atoms with Gasteiger partial charge < -0.3 is 20.1 Å². The van der Waals surface area contributed by atoms with Gasteiger partial charge in [0.25, 0.3) is 5.91 Å². The van der Waals surface area contributed by atoms with Crippen molar-refractivity contribution in [3.05, 3.63) is 29.8 Å². The molecule has 2 N–H and O–H groups in total. The van der Waals surface area contributed by atoms with E-state index < -0.39 is 18.5 Å². The maximum absolute atomic E-state index is 11.6. The third kappa shape index (κ3) is 10.0. The van der Waals surface area contributed by atoms with Crippen LogP contribution in [-0.2, 0) is 19.1 Å². The van der Waals surface area contributed by atoms with Crippen LogP contribution in [-0.4, -0.2) is 43.6 Å². The van der Waals surface area contributed by atoms with Crippen molar-refractivity contribution in [2.45, 2.75) is 39.7 Å². The average molecular weight is 350 g/mol. The molecule has 0 fully saturated rings. The van der Waals surface area contributed by atoms with Crippen LogP contribution in [0.2, 0.25) is 0 Å². The molecular formula is C18H26N2O5. The van der Waals surface area contributed by atoms with E-state index in [4.69, 9.17) is 9.47 Å². The highest BCUT2D eigenvalue weighted by Gasteiger charge is 2.09. The molecule has 0 radical (unpaired) electrons. The fourth-order valence-corrected chi connectivity index (χ4v) is 1.86. The van der Waals surface area contributed by atoms with E-state index in [1.165, 1.54) is 0 Å². The first-order chi connectivity index (χ1) is 11.9. The second-order valence-electron chi connectivity index (χ2n) is 5.92. The highest BCUT2D eigenvalue weighted by Crippen LogP contribution is 2.11. The van der Waals surface area contributed by atoms with Crippen LogP contribution < -0.4 is 15.4 Å². The lowest BCUT2D eigenvalue weighted by atomic mass is 10.2. The van der Waals surface area contributed by atoms with E-state index in [9.17, 15) is 14.4 Å². The molecular weight excluding hydrogens is 324 g/mol. The molecule has 2 amide bonds. The molecule has 7 heteroatoms. The largest absolute Gasteiger partial charge is 0.494 e. The summed E-state index contributed by atoms with van der Waals surface area (Å²) < 4.78 is 10.3. The minimum Gasteiger partial charge on any atom is -0.494 e. The van der Waals surface area contributed by atoms with E-state index in [0.29, 0.717) is 13.0 Å². The molecule has 0 saturated heterocycles. The molecule has 0 bridgehead atoms. The number of amides is 2. The Morgan fingerprint density at radius 2 is 1.76 bits per heavy atom. The molecule has 0 spiro atoms. The smallest absolute Gasteiger partial charge is 0.306 e. The van der Waals surface area contributed by atoms with E-state index in [-0.39, 0.29) is 24.9 Å². The molecule has 0 heterocycles. The topological polar surface area (TPSA) is 93.7 Å². The number of esters is 1. The Morgan fingerprint density at radius 1 is 1.08 bits per heavy atom. The van der Waals surface area contributed by atoms with E-state index >= 15 is 0 Å². The van der Waals surface area contributed by atoms with E-state index in [1.54, 1.807) is 0 Å². The Hall–Kier alpha value is -2.57. The van der Waals surface area contributed by atoms with Gasteiger partial charge in [-0.1, -0.05) is 17.7 Å². The summed E-state index contributed by atoms with van der Waals surface area (Å²) in [6.07, 6.45) is 0.651. The number of carbonyl (C=O) groups excluding carboxylic acids is 3. The number of rotatable bonds is 10. The number of ether oxygens (including phenoxy) is 2. The highest BCUT2D eigenvalue weighted by molar-refractivity contribution is 5.86. The second-order valence-corrected chi connectivity index (χ2v) is 5.92. The molecule has 0 aliphatic rings. The third-order valence-corrected chi connectivity index (χ3v) is 3.07. The van der Waals surface area contributed by atoms with Gasteiger partial charge in [0, 0.05) is 12.5 Å². The molecule has 1 aromatic carbocycles. The molecule has 0 aromatic heterocycles. The van der Waals surface area contributed by atoms with Crippen LogP contribution in [0.15, 0.2) is 24.3 Å². The third-order valence-electron chi connectivity index (χ3n) is 3.07. The Morgan fingerprint density at radius 3 is 2.40 bits per heavy atom. The van der Waals surface area contributed by atoms with Crippen LogP contribution >= 0.6 is 0 Å². The van der Waals surface area contributed by atoms with Gasteiger partial charge in [0.1, 0.15) is 5.75 Å².